The fourth-order valence-electron chi connectivity index (χ4n) is 3.40. The van der Waals surface area contributed by atoms with E-state index in [1.54, 1.807) is 19.9 Å². The minimum absolute atomic E-state index is 0.0240. The lowest BCUT2D eigenvalue weighted by Crippen LogP contribution is -2.38. The van der Waals surface area contributed by atoms with Crippen LogP contribution in [0.25, 0.3) is 5.69 Å². The Morgan fingerprint density at radius 2 is 1.85 bits per heavy atom. The molecular weight excluding hydrogens is 355 g/mol. The molecule has 7 heteroatoms. The molecule has 1 atom stereocenters. The monoisotopic (exact) mass is 372 g/mol. The quantitative estimate of drug-likeness (QED) is 0.742. The SMILES string of the molecule is Cc1cc(S(=O)(=O)N2c3cc(F)ccc3-n3cccc3C2C)ccc1O. The number of anilines is 1. The summed E-state index contributed by atoms with van der Waals surface area (Å²) in [6.07, 6.45) is 1.83. The second kappa shape index (κ2) is 5.60. The van der Waals surface area contributed by atoms with Crippen molar-refractivity contribution in [1.29, 1.82) is 0 Å². The zero-order chi connectivity index (χ0) is 18.6. The zero-order valence-corrected chi connectivity index (χ0v) is 15.0. The Hall–Kier alpha value is -2.80. The van der Waals surface area contributed by atoms with Crippen molar-refractivity contribution in [3.8, 4) is 11.4 Å². The molecule has 2 heterocycles. The number of aromatic nitrogens is 1. The van der Waals surface area contributed by atoms with Gasteiger partial charge in [0.05, 0.1) is 22.3 Å². The van der Waals surface area contributed by atoms with Crippen LogP contribution in [0.1, 0.15) is 24.2 Å². The van der Waals surface area contributed by atoms with Crippen LogP contribution in [0.4, 0.5) is 10.1 Å². The van der Waals surface area contributed by atoms with Gasteiger partial charge in [-0.05, 0) is 61.9 Å². The second-order valence-corrected chi connectivity index (χ2v) is 8.18. The molecule has 0 bridgehead atoms. The lowest BCUT2D eigenvalue weighted by Gasteiger charge is -2.37. The number of benzene rings is 2. The molecule has 1 aliphatic heterocycles. The molecule has 4 rings (SSSR count). The van der Waals surface area contributed by atoms with Gasteiger partial charge in [-0.15, -0.1) is 0 Å². The molecule has 0 radical (unpaired) electrons. The lowest BCUT2D eigenvalue weighted by molar-refractivity contribution is 0.470. The van der Waals surface area contributed by atoms with E-state index in [1.807, 2.05) is 22.9 Å². The summed E-state index contributed by atoms with van der Waals surface area (Å²) in [7, 11) is -3.96. The van der Waals surface area contributed by atoms with Crippen LogP contribution in [0.15, 0.2) is 59.6 Å². The van der Waals surface area contributed by atoms with E-state index in [0.717, 1.165) is 5.69 Å². The number of hydrogen-bond acceptors (Lipinski definition) is 3. The van der Waals surface area contributed by atoms with Gasteiger partial charge in [-0.25, -0.2) is 12.8 Å². The fourth-order valence-corrected chi connectivity index (χ4v) is 5.12. The van der Waals surface area contributed by atoms with Crippen molar-refractivity contribution >= 4 is 15.7 Å². The van der Waals surface area contributed by atoms with Gasteiger partial charge in [0.1, 0.15) is 11.6 Å². The van der Waals surface area contributed by atoms with Gasteiger partial charge in [0.15, 0.2) is 0 Å². The number of aromatic hydroxyl groups is 1. The number of rotatable bonds is 2. The summed E-state index contributed by atoms with van der Waals surface area (Å²) in [6, 6.07) is 11.4. The highest BCUT2D eigenvalue weighted by atomic mass is 32.2. The van der Waals surface area contributed by atoms with Crippen LogP contribution < -0.4 is 4.31 Å². The van der Waals surface area contributed by atoms with E-state index in [0.29, 0.717) is 11.3 Å². The minimum atomic E-state index is -3.96. The highest BCUT2D eigenvalue weighted by Crippen LogP contribution is 2.42. The summed E-state index contributed by atoms with van der Waals surface area (Å²) in [4.78, 5) is 0.0508. The molecule has 1 aliphatic rings. The van der Waals surface area contributed by atoms with Gasteiger partial charge in [0.2, 0.25) is 0 Å². The lowest BCUT2D eigenvalue weighted by atomic mass is 10.1. The molecule has 0 saturated heterocycles. The van der Waals surface area contributed by atoms with Crippen molar-refractivity contribution in [3.05, 3.63) is 71.8 Å². The molecular formula is C19H17FN2O3S. The Bertz CT molecular complexity index is 1120. The second-order valence-electron chi connectivity index (χ2n) is 6.36. The number of phenols is 1. The third kappa shape index (κ3) is 2.31. The topological polar surface area (TPSA) is 62.5 Å². The van der Waals surface area contributed by atoms with Crippen LogP contribution >= 0.6 is 0 Å². The molecule has 0 fully saturated rings. The average molecular weight is 372 g/mol. The maximum atomic E-state index is 13.9. The summed E-state index contributed by atoms with van der Waals surface area (Å²) in [5.74, 6) is -0.482. The first-order chi connectivity index (χ1) is 12.3. The van der Waals surface area contributed by atoms with Gasteiger partial charge in [0.25, 0.3) is 10.0 Å². The summed E-state index contributed by atoms with van der Waals surface area (Å²) < 4.78 is 43.8. The van der Waals surface area contributed by atoms with E-state index in [1.165, 1.54) is 34.6 Å². The van der Waals surface area contributed by atoms with Crippen molar-refractivity contribution in [1.82, 2.24) is 4.57 Å². The van der Waals surface area contributed by atoms with E-state index in [2.05, 4.69) is 0 Å². The number of aryl methyl sites for hydroxylation is 1. The van der Waals surface area contributed by atoms with Gasteiger partial charge in [-0.2, -0.15) is 0 Å². The average Bonchev–Trinajstić information content (AvgIpc) is 3.07. The van der Waals surface area contributed by atoms with E-state index in [4.69, 9.17) is 0 Å². The predicted octanol–water partition coefficient (Wildman–Crippen LogP) is 3.90. The Morgan fingerprint density at radius 1 is 1.08 bits per heavy atom. The van der Waals surface area contributed by atoms with Crippen LogP contribution in [0.3, 0.4) is 0 Å². The molecule has 26 heavy (non-hydrogen) atoms. The number of phenolic OH excluding ortho intramolecular Hbond substituents is 1. The summed E-state index contributed by atoms with van der Waals surface area (Å²) in [5, 5.41) is 9.71. The predicted molar refractivity (Wildman–Crippen MR) is 96.7 cm³/mol. The number of hydrogen-bond donors (Lipinski definition) is 1. The van der Waals surface area contributed by atoms with E-state index in [-0.39, 0.29) is 16.3 Å². The number of fused-ring (bicyclic) bond motifs is 3. The van der Waals surface area contributed by atoms with Crippen molar-refractivity contribution in [2.45, 2.75) is 24.8 Å². The van der Waals surface area contributed by atoms with Gasteiger partial charge in [0, 0.05) is 18.0 Å². The van der Waals surface area contributed by atoms with Crippen molar-refractivity contribution < 1.29 is 17.9 Å². The summed E-state index contributed by atoms with van der Waals surface area (Å²) >= 11 is 0. The third-order valence-corrected chi connectivity index (χ3v) is 6.60. The first-order valence-electron chi connectivity index (χ1n) is 8.12. The van der Waals surface area contributed by atoms with Crippen LogP contribution in [-0.4, -0.2) is 18.1 Å². The maximum absolute atomic E-state index is 13.9. The highest BCUT2D eigenvalue weighted by molar-refractivity contribution is 7.92. The first-order valence-corrected chi connectivity index (χ1v) is 9.56. The molecule has 1 unspecified atom stereocenters. The van der Waals surface area contributed by atoms with E-state index < -0.39 is 21.9 Å². The number of halogens is 1. The number of nitrogens with zero attached hydrogens (tertiary/aromatic N) is 2. The van der Waals surface area contributed by atoms with Crippen LogP contribution in [0.5, 0.6) is 5.75 Å². The molecule has 0 amide bonds. The molecule has 134 valence electrons. The van der Waals surface area contributed by atoms with Crippen LogP contribution in [0, 0.1) is 12.7 Å². The molecule has 0 spiro atoms. The molecule has 1 N–H and O–H groups in total. The normalized spacial score (nSPS) is 16.3. The van der Waals surface area contributed by atoms with Crippen molar-refractivity contribution in [2.75, 3.05) is 4.31 Å². The van der Waals surface area contributed by atoms with Crippen molar-refractivity contribution in [2.24, 2.45) is 0 Å². The Balaban J connectivity index is 1.96. The summed E-state index contributed by atoms with van der Waals surface area (Å²) in [5.41, 5.74) is 2.14. The smallest absolute Gasteiger partial charge is 0.265 e. The molecule has 1 aromatic heterocycles. The standard InChI is InChI=1S/C19H17FN2O3S/c1-12-10-15(6-8-19(12)23)26(24,25)22-13(2)16-4-3-9-21(16)17-7-5-14(20)11-18(17)22/h3-11,13,23H,1-2H3. The largest absolute Gasteiger partial charge is 0.508 e. The van der Waals surface area contributed by atoms with E-state index in [9.17, 15) is 17.9 Å². The molecule has 2 aromatic carbocycles. The summed E-state index contributed by atoms with van der Waals surface area (Å²) in [6.45, 7) is 3.40. The third-order valence-electron chi connectivity index (χ3n) is 4.72. The zero-order valence-electron chi connectivity index (χ0n) is 14.2. The van der Waals surface area contributed by atoms with Gasteiger partial charge >= 0.3 is 0 Å². The number of sulfonamides is 1. The van der Waals surface area contributed by atoms with Gasteiger partial charge in [-0.1, -0.05) is 0 Å². The Morgan fingerprint density at radius 3 is 2.58 bits per heavy atom. The molecule has 5 nitrogen and oxygen atoms in total. The van der Waals surface area contributed by atoms with Crippen LogP contribution in [-0.2, 0) is 10.0 Å². The minimum Gasteiger partial charge on any atom is -0.508 e. The first kappa shape index (κ1) is 16.7. The Labute approximate surface area is 151 Å². The van der Waals surface area contributed by atoms with Crippen LogP contribution in [0.2, 0.25) is 0 Å². The molecule has 0 saturated carbocycles. The molecule has 3 aromatic rings. The highest BCUT2D eigenvalue weighted by Gasteiger charge is 2.37. The van der Waals surface area contributed by atoms with Gasteiger partial charge in [-0.3, -0.25) is 4.31 Å². The fraction of sp³-hybridized carbons (Fsp3) is 0.158. The molecule has 0 aliphatic carbocycles. The van der Waals surface area contributed by atoms with E-state index >= 15 is 0 Å². The van der Waals surface area contributed by atoms with Gasteiger partial charge < -0.3 is 9.67 Å². The van der Waals surface area contributed by atoms with Crippen molar-refractivity contribution in [3.63, 3.8) is 0 Å². The Kier molecular flexibility index (Phi) is 3.59. The maximum Gasteiger partial charge on any atom is 0.265 e.